The molecule has 0 saturated carbocycles. The quantitative estimate of drug-likeness (QED) is 0.566. The molecular weight excluding hydrogens is 391 g/mol. The highest BCUT2D eigenvalue weighted by Gasteiger charge is 2.12. The molecule has 0 radical (unpaired) electrons. The molecule has 0 saturated heterocycles. The van der Waals surface area contributed by atoms with Crippen molar-refractivity contribution in [2.45, 2.75) is 6.54 Å². The van der Waals surface area contributed by atoms with Crippen LogP contribution in [0.3, 0.4) is 0 Å². The number of carbonyl (C=O) groups excluding carboxylic acids is 1. The van der Waals surface area contributed by atoms with Gasteiger partial charge >= 0.3 is 0 Å². The van der Waals surface area contributed by atoms with Crippen LogP contribution in [-0.4, -0.2) is 32.4 Å². The molecule has 1 heterocycles. The van der Waals surface area contributed by atoms with E-state index in [1.54, 1.807) is 36.4 Å². The number of ether oxygens (including phenoxy) is 3. The molecule has 0 aliphatic carbocycles. The Bertz CT molecular complexity index is 1020. The second-order valence-electron chi connectivity index (χ2n) is 6.20. The first-order valence-electron chi connectivity index (χ1n) is 9.01. The molecule has 1 N–H and O–H groups in total. The molecular formula is C22H21FN2O5. The second-order valence-corrected chi connectivity index (χ2v) is 6.20. The molecule has 0 bridgehead atoms. The summed E-state index contributed by atoms with van der Waals surface area (Å²) >= 11 is 0. The lowest BCUT2D eigenvalue weighted by atomic mass is 10.1. The third-order valence-corrected chi connectivity index (χ3v) is 4.25. The van der Waals surface area contributed by atoms with Crippen molar-refractivity contribution in [1.29, 1.82) is 0 Å². The summed E-state index contributed by atoms with van der Waals surface area (Å²) in [7, 11) is 4.57. The van der Waals surface area contributed by atoms with Gasteiger partial charge in [-0.2, -0.15) is 0 Å². The predicted octanol–water partition coefficient (Wildman–Crippen LogP) is 3.84. The molecule has 1 aromatic heterocycles. The Morgan fingerprint density at radius 3 is 2.33 bits per heavy atom. The molecule has 7 nitrogen and oxygen atoms in total. The summed E-state index contributed by atoms with van der Waals surface area (Å²) in [5, 5.41) is 6.64. The van der Waals surface area contributed by atoms with Gasteiger partial charge in [0.05, 0.1) is 27.9 Å². The van der Waals surface area contributed by atoms with E-state index in [-0.39, 0.29) is 18.3 Å². The highest BCUT2D eigenvalue weighted by Crippen LogP contribution is 2.38. The van der Waals surface area contributed by atoms with Gasteiger partial charge in [0.2, 0.25) is 11.7 Å². The molecule has 2 aromatic carbocycles. The van der Waals surface area contributed by atoms with E-state index in [1.165, 1.54) is 39.5 Å². The van der Waals surface area contributed by atoms with Gasteiger partial charge in [0.25, 0.3) is 0 Å². The van der Waals surface area contributed by atoms with E-state index in [4.69, 9.17) is 18.7 Å². The van der Waals surface area contributed by atoms with Crippen LogP contribution in [0.4, 0.5) is 4.39 Å². The smallest absolute Gasteiger partial charge is 0.244 e. The van der Waals surface area contributed by atoms with Crippen molar-refractivity contribution in [2.24, 2.45) is 0 Å². The lowest BCUT2D eigenvalue weighted by molar-refractivity contribution is -0.116. The van der Waals surface area contributed by atoms with E-state index in [0.717, 1.165) is 0 Å². The van der Waals surface area contributed by atoms with Crippen molar-refractivity contribution >= 4 is 12.0 Å². The first-order chi connectivity index (χ1) is 14.5. The largest absolute Gasteiger partial charge is 0.493 e. The van der Waals surface area contributed by atoms with Gasteiger partial charge in [-0.1, -0.05) is 5.16 Å². The summed E-state index contributed by atoms with van der Waals surface area (Å²) in [5.41, 5.74) is 1.95. The predicted molar refractivity (Wildman–Crippen MR) is 109 cm³/mol. The van der Waals surface area contributed by atoms with Gasteiger partial charge < -0.3 is 24.1 Å². The maximum Gasteiger partial charge on any atom is 0.244 e. The van der Waals surface area contributed by atoms with Crippen LogP contribution in [0.25, 0.3) is 17.4 Å². The highest BCUT2D eigenvalue weighted by molar-refractivity contribution is 5.91. The number of nitrogens with one attached hydrogen (secondary N) is 1. The highest BCUT2D eigenvalue weighted by atomic mass is 19.1. The molecule has 3 rings (SSSR count). The fourth-order valence-corrected chi connectivity index (χ4v) is 2.75. The van der Waals surface area contributed by atoms with Crippen LogP contribution >= 0.6 is 0 Å². The third-order valence-electron chi connectivity index (χ3n) is 4.25. The van der Waals surface area contributed by atoms with Crippen molar-refractivity contribution in [1.82, 2.24) is 10.5 Å². The zero-order valence-corrected chi connectivity index (χ0v) is 16.8. The number of halogens is 1. The van der Waals surface area contributed by atoms with E-state index >= 15 is 0 Å². The Hall–Kier alpha value is -3.81. The van der Waals surface area contributed by atoms with Gasteiger partial charge in [0.15, 0.2) is 17.3 Å². The topological polar surface area (TPSA) is 82.8 Å². The molecule has 0 fully saturated rings. The number of carbonyl (C=O) groups is 1. The van der Waals surface area contributed by atoms with Gasteiger partial charge in [-0.05, 0) is 48.0 Å². The number of nitrogens with zero attached hydrogens (tertiary/aromatic N) is 1. The minimum Gasteiger partial charge on any atom is -0.493 e. The average molecular weight is 412 g/mol. The Balaban J connectivity index is 1.62. The first kappa shape index (κ1) is 20.9. The first-order valence-corrected chi connectivity index (χ1v) is 9.01. The number of aromatic nitrogens is 1. The average Bonchev–Trinajstić information content (AvgIpc) is 3.24. The molecule has 1 amide bonds. The summed E-state index contributed by atoms with van der Waals surface area (Å²) in [5.74, 6) is 1.32. The Kier molecular flexibility index (Phi) is 6.69. The normalized spacial score (nSPS) is 10.8. The van der Waals surface area contributed by atoms with E-state index in [9.17, 15) is 9.18 Å². The lowest BCUT2D eigenvalue weighted by Crippen LogP contribution is -2.20. The second kappa shape index (κ2) is 9.60. The third kappa shape index (κ3) is 4.96. The van der Waals surface area contributed by atoms with Crippen LogP contribution in [0, 0.1) is 5.82 Å². The monoisotopic (exact) mass is 412 g/mol. The van der Waals surface area contributed by atoms with E-state index in [0.29, 0.717) is 39.8 Å². The molecule has 0 spiro atoms. The van der Waals surface area contributed by atoms with Crippen molar-refractivity contribution in [3.8, 4) is 28.6 Å². The van der Waals surface area contributed by atoms with Gasteiger partial charge in [-0.25, -0.2) is 4.39 Å². The van der Waals surface area contributed by atoms with Crippen LogP contribution in [-0.2, 0) is 11.3 Å². The van der Waals surface area contributed by atoms with Gasteiger partial charge in [0, 0.05) is 17.7 Å². The summed E-state index contributed by atoms with van der Waals surface area (Å²) in [4.78, 5) is 12.2. The zero-order valence-electron chi connectivity index (χ0n) is 16.8. The van der Waals surface area contributed by atoms with Crippen LogP contribution in [0.2, 0.25) is 0 Å². The molecule has 0 aliphatic heterocycles. The minimum absolute atomic E-state index is 0.184. The maximum atomic E-state index is 13.0. The minimum atomic E-state index is -0.329. The Morgan fingerprint density at radius 2 is 1.73 bits per heavy atom. The molecule has 8 heteroatoms. The number of methoxy groups -OCH3 is 3. The molecule has 0 aliphatic rings. The number of rotatable bonds is 8. The fourth-order valence-electron chi connectivity index (χ4n) is 2.75. The van der Waals surface area contributed by atoms with Crippen molar-refractivity contribution < 1.29 is 27.9 Å². The van der Waals surface area contributed by atoms with Crippen molar-refractivity contribution in [3.63, 3.8) is 0 Å². The van der Waals surface area contributed by atoms with Crippen LogP contribution in [0.1, 0.15) is 11.3 Å². The number of amides is 1. The van der Waals surface area contributed by atoms with Gasteiger partial charge in [-0.3, -0.25) is 4.79 Å². The fraction of sp³-hybridized carbons (Fsp3) is 0.182. The summed E-state index contributed by atoms with van der Waals surface area (Å²) in [6, 6.07) is 11.0. The van der Waals surface area contributed by atoms with Gasteiger partial charge in [-0.15, -0.1) is 0 Å². The standard InChI is InChI=1S/C22H21FN2O5/c1-27-19-10-14(11-20(28-2)22(19)29-3)4-9-21(26)24-13-17-12-18(30-25-17)15-5-7-16(23)8-6-15/h4-12H,13H2,1-3H3,(H,24,26)/b9-4+. The zero-order chi connectivity index (χ0) is 21.5. The van der Waals surface area contributed by atoms with E-state index in [1.807, 2.05) is 0 Å². The molecule has 3 aromatic rings. The van der Waals surface area contributed by atoms with Crippen LogP contribution in [0.5, 0.6) is 17.2 Å². The Labute approximate surface area is 173 Å². The summed E-state index contributed by atoms with van der Waals surface area (Å²) in [6.07, 6.45) is 3.02. The summed E-state index contributed by atoms with van der Waals surface area (Å²) in [6.45, 7) is 0.184. The number of hydrogen-bond donors (Lipinski definition) is 1. The van der Waals surface area contributed by atoms with E-state index in [2.05, 4.69) is 10.5 Å². The van der Waals surface area contributed by atoms with Crippen LogP contribution < -0.4 is 19.5 Å². The van der Waals surface area contributed by atoms with Gasteiger partial charge in [0.1, 0.15) is 11.5 Å². The molecule has 156 valence electrons. The lowest BCUT2D eigenvalue weighted by Gasteiger charge is -2.12. The maximum absolute atomic E-state index is 13.0. The van der Waals surface area contributed by atoms with Crippen molar-refractivity contribution in [2.75, 3.05) is 21.3 Å². The van der Waals surface area contributed by atoms with Crippen LogP contribution in [0.15, 0.2) is 53.1 Å². The molecule has 30 heavy (non-hydrogen) atoms. The number of hydrogen-bond acceptors (Lipinski definition) is 6. The van der Waals surface area contributed by atoms with E-state index < -0.39 is 0 Å². The SMILES string of the molecule is COc1cc(/C=C/C(=O)NCc2cc(-c3ccc(F)cc3)on2)cc(OC)c1OC. The molecule has 0 atom stereocenters. The molecule has 0 unspecified atom stereocenters. The Morgan fingerprint density at radius 1 is 1.07 bits per heavy atom. The number of benzene rings is 2. The van der Waals surface area contributed by atoms with Crippen molar-refractivity contribution in [3.05, 3.63) is 65.6 Å². The summed E-state index contributed by atoms with van der Waals surface area (Å²) < 4.78 is 34.1.